The van der Waals surface area contributed by atoms with E-state index in [1.165, 1.54) is 25.0 Å². The van der Waals surface area contributed by atoms with Gasteiger partial charge in [0.05, 0.1) is 24.4 Å². The monoisotopic (exact) mass is 319 g/mol. The first-order chi connectivity index (χ1) is 11.1. The molecule has 1 saturated carbocycles. The van der Waals surface area contributed by atoms with Crippen LogP contribution in [0.15, 0.2) is 6.07 Å². The fourth-order valence-electron chi connectivity index (χ4n) is 3.91. The van der Waals surface area contributed by atoms with Crippen LogP contribution in [0.25, 0.3) is 0 Å². The lowest BCUT2D eigenvalue weighted by atomic mass is 10.0. The van der Waals surface area contributed by atoms with E-state index >= 15 is 0 Å². The molecular weight excluding hydrogens is 290 g/mol. The Morgan fingerprint density at radius 2 is 1.96 bits per heavy atom. The maximum Gasteiger partial charge on any atom is 0.248 e. The third-order valence-corrected chi connectivity index (χ3v) is 5.18. The Kier molecular flexibility index (Phi) is 5.36. The van der Waals surface area contributed by atoms with Crippen LogP contribution in [0.2, 0.25) is 0 Å². The van der Waals surface area contributed by atoms with Gasteiger partial charge in [-0.25, -0.2) is 0 Å². The van der Waals surface area contributed by atoms with E-state index in [-0.39, 0.29) is 18.6 Å². The normalized spacial score (nSPS) is 22.7. The summed E-state index contributed by atoms with van der Waals surface area (Å²) in [5, 5.41) is 4.55. The highest BCUT2D eigenvalue weighted by Crippen LogP contribution is 2.22. The van der Waals surface area contributed by atoms with Crippen molar-refractivity contribution >= 4 is 5.91 Å². The number of aryl methyl sites for hydroxylation is 2. The van der Waals surface area contributed by atoms with E-state index < -0.39 is 0 Å². The Balaban J connectivity index is 1.58. The van der Waals surface area contributed by atoms with E-state index in [4.69, 9.17) is 4.74 Å². The smallest absolute Gasteiger partial charge is 0.248 e. The molecule has 5 nitrogen and oxygen atoms in total. The van der Waals surface area contributed by atoms with Crippen molar-refractivity contribution in [1.82, 2.24) is 14.7 Å². The number of hydrogen-bond acceptors (Lipinski definition) is 3. The summed E-state index contributed by atoms with van der Waals surface area (Å²) in [6.07, 6.45) is 8.36. The molecule has 1 aromatic heterocycles. The number of hydrogen-bond donors (Lipinski definition) is 0. The first-order valence-corrected chi connectivity index (χ1v) is 9.05. The van der Waals surface area contributed by atoms with Crippen LogP contribution in [0.1, 0.15) is 56.3 Å². The molecule has 23 heavy (non-hydrogen) atoms. The number of amides is 1. The molecule has 0 bridgehead atoms. The van der Waals surface area contributed by atoms with Crippen LogP contribution in [-0.2, 0) is 16.1 Å². The van der Waals surface area contributed by atoms with Crippen molar-refractivity contribution in [3.63, 3.8) is 0 Å². The molecule has 3 rings (SSSR count). The van der Waals surface area contributed by atoms with Gasteiger partial charge in [0, 0.05) is 12.2 Å². The molecule has 128 valence electrons. The highest BCUT2D eigenvalue weighted by Gasteiger charge is 2.28. The van der Waals surface area contributed by atoms with Crippen LogP contribution in [0.5, 0.6) is 0 Å². The minimum absolute atomic E-state index is 0.156. The average molecular weight is 319 g/mol. The summed E-state index contributed by atoms with van der Waals surface area (Å²) in [5.41, 5.74) is 2.21. The zero-order valence-corrected chi connectivity index (χ0v) is 14.5. The first kappa shape index (κ1) is 16.5. The second-order valence-electron chi connectivity index (χ2n) is 7.06. The minimum Gasteiger partial charge on any atom is -0.368 e. The molecule has 0 spiro atoms. The lowest BCUT2D eigenvalue weighted by Gasteiger charge is -2.36. The van der Waals surface area contributed by atoms with Crippen molar-refractivity contribution < 1.29 is 9.53 Å². The second-order valence-corrected chi connectivity index (χ2v) is 7.06. The van der Waals surface area contributed by atoms with Gasteiger partial charge in [-0.15, -0.1) is 0 Å². The largest absolute Gasteiger partial charge is 0.368 e. The van der Waals surface area contributed by atoms with Crippen LogP contribution in [0.4, 0.5) is 0 Å². The molecule has 5 heteroatoms. The van der Waals surface area contributed by atoms with Crippen LogP contribution < -0.4 is 0 Å². The molecule has 1 amide bonds. The van der Waals surface area contributed by atoms with Gasteiger partial charge in [0.1, 0.15) is 6.61 Å². The van der Waals surface area contributed by atoms with E-state index in [0.717, 1.165) is 44.5 Å². The third kappa shape index (κ3) is 4.14. The van der Waals surface area contributed by atoms with E-state index in [2.05, 4.69) is 18.1 Å². The van der Waals surface area contributed by atoms with Gasteiger partial charge in [-0.1, -0.05) is 12.8 Å². The molecule has 2 aliphatic rings. The number of carbonyl (C=O) groups excluding carboxylic acids is 1. The number of ether oxygens (including phenoxy) is 1. The third-order valence-electron chi connectivity index (χ3n) is 5.18. The van der Waals surface area contributed by atoms with Crippen LogP contribution in [0.3, 0.4) is 0 Å². The van der Waals surface area contributed by atoms with Gasteiger partial charge in [0.15, 0.2) is 0 Å². The number of aromatic nitrogens is 2. The van der Waals surface area contributed by atoms with Crippen molar-refractivity contribution in [3.05, 3.63) is 17.5 Å². The van der Waals surface area contributed by atoms with Crippen molar-refractivity contribution in [2.75, 3.05) is 13.2 Å². The Bertz CT molecular complexity index is 534. The summed E-state index contributed by atoms with van der Waals surface area (Å²) in [7, 11) is 0. The Morgan fingerprint density at radius 3 is 2.65 bits per heavy atom. The highest BCUT2D eigenvalue weighted by atomic mass is 16.5. The molecule has 2 heterocycles. The number of nitrogens with zero attached hydrogens (tertiary/aromatic N) is 3. The fourth-order valence-corrected chi connectivity index (χ4v) is 3.91. The summed E-state index contributed by atoms with van der Waals surface area (Å²) in [4.78, 5) is 14.7. The zero-order chi connectivity index (χ0) is 16.2. The zero-order valence-electron chi connectivity index (χ0n) is 14.5. The standard InChI is InChI=1S/C18H29N3O2/c1-14-11-15(2)21(19-14)12-16-7-5-6-10-20(16)18(22)13-23-17-8-3-4-9-17/h11,16-17H,3-10,12-13H2,1-2H3. The summed E-state index contributed by atoms with van der Waals surface area (Å²) < 4.78 is 7.88. The van der Waals surface area contributed by atoms with Crippen molar-refractivity contribution in [1.29, 1.82) is 0 Å². The van der Waals surface area contributed by atoms with Gasteiger partial charge in [-0.2, -0.15) is 5.10 Å². The molecular formula is C18H29N3O2. The summed E-state index contributed by atoms with van der Waals surface area (Å²) in [6.45, 7) is 6.00. The van der Waals surface area contributed by atoms with Crippen LogP contribution >= 0.6 is 0 Å². The highest BCUT2D eigenvalue weighted by molar-refractivity contribution is 5.77. The van der Waals surface area contributed by atoms with E-state index in [1.807, 2.05) is 16.5 Å². The predicted molar refractivity (Wildman–Crippen MR) is 89.3 cm³/mol. The predicted octanol–water partition coefficient (Wildman–Crippen LogP) is 2.84. The van der Waals surface area contributed by atoms with Gasteiger partial charge in [-0.05, 0) is 52.0 Å². The SMILES string of the molecule is Cc1cc(C)n(CC2CCCCN2C(=O)COC2CCCC2)n1. The van der Waals surface area contributed by atoms with Gasteiger partial charge in [-0.3, -0.25) is 9.48 Å². The number of rotatable bonds is 5. The molecule has 0 radical (unpaired) electrons. The summed E-state index contributed by atoms with van der Waals surface area (Å²) in [5.74, 6) is 0.156. The van der Waals surface area contributed by atoms with Crippen molar-refractivity contribution in [2.45, 2.75) is 77.5 Å². The quantitative estimate of drug-likeness (QED) is 0.838. The fraction of sp³-hybridized carbons (Fsp3) is 0.778. The van der Waals surface area contributed by atoms with Crippen LogP contribution in [0, 0.1) is 13.8 Å². The molecule has 0 aromatic carbocycles. The molecule has 0 N–H and O–H groups in total. The second kappa shape index (κ2) is 7.47. The molecule has 1 aliphatic heterocycles. The molecule has 1 unspecified atom stereocenters. The Morgan fingerprint density at radius 1 is 1.22 bits per heavy atom. The maximum absolute atomic E-state index is 12.6. The van der Waals surface area contributed by atoms with Gasteiger partial charge >= 0.3 is 0 Å². The molecule has 1 saturated heterocycles. The van der Waals surface area contributed by atoms with E-state index in [1.54, 1.807) is 0 Å². The van der Waals surface area contributed by atoms with Crippen molar-refractivity contribution in [2.24, 2.45) is 0 Å². The Hall–Kier alpha value is -1.36. The van der Waals surface area contributed by atoms with Crippen LogP contribution in [-0.4, -0.2) is 45.9 Å². The molecule has 1 atom stereocenters. The van der Waals surface area contributed by atoms with Crippen molar-refractivity contribution in [3.8, 4) is 0 Å². The minimum atomic E-state index is 0.156. The Labute approximate surface area is 139 Å². The lowest BCUT2D eigenvalue weighted by Crippen LogP contribution is -2.47. The number of piperidine rings is 1. The summed E-state index contributed by atoms with van der Waals surface area (Å²) in [6, 6.07) is 2.35. The van der Waals surface area contributed by atoms with E-state index in [9.17, 15) is 4.79 Å². The number of likely N-dealkylation sites (tertiary alicyclic amines) is 1. The molecule has 1 aromatic rings. The number of carbonyl (C=O) groups is 1. The van der Waals surface area contributed by atoms with E-state index in [0.29, 0.717) is 6.10 Å². The van der Waals surface area contributed by atoms with Gasteiger partial charge < -0.3 is 9.64 Å². The first-order valence-electron chi connectivity index (χ1n) is 9.05. The molecule has 2 fully saturated rings. The maximum atomic E-state index is 12.6. The van der Waals surface area contributed by atoms with Gasteiger partial charge in [0.25, 0.3) is 0 Å². The lowest BCUT2D eigenvalue weighted by molar-refractivity contribution is -0.142. The average Bonchev–Trinajstić information content (AvgIpc) is 3.15. The van der Waals surface area contributed by atoms with Gasteiger partial charge in [0.2, 0.25) is 5.91 Å². The topological polar surface area (TPSA) is 47.4 Å². The summed E-state index contributed by atoms with van der Waals surface area (Å²) >= 11 is 0. The molecule has 1 aliphatic carbocycles.